The highest BCUT2D eigenvalue weighted by Gasteiger charge is 2.24. The number of nitrogens with one attached hydrogen (secondary N) is 2. The van der Waals surface area contributed by atoms with Gasteiger partial charge in [0, 0.05) is 19.2 Å². The van der Waals surface area contributed by atoms with Crippen LogP contribution in [-0.2, 0) is 11.3 Å². The largest absolute Gasteiger partial charge is 0.371 e. The number of fused-ring (bicyclic) bond motifs is 3. The molecule has 2 aromatic rings. The fourth-order valence-electron chi connectivity index (χ4n) is 2.58. The Bertz CT molecular complexity index is 670. The number of hydrogen-bond acceptors (Lipinski definition) is 3. The van der Waals surface area contributed by atoms with E-state index in [0.717, 1.165) is 11.3 Å². The molecule has 0 bridgehead atoms. The van der Waals surface area contributed by atoms with E-state index in [2.05, 4.69) is 15.6 Å². The minimum absolute atomic E-state index is 0.0492. The zero-order valence-corrected chi connectivity index (χ0v) is 11.7. The van der Waals surface area contributed by atoms with Crippen molar-refractivity contribution in [3.8, 4) is 0 Å². The molecule has 0 saturated carbocycles. The number of hydrogen-bond donors (Lipinski definition) is 2. The van der Waals surface area contributed by atoms with Crippen LogP contribution in [0.15, 0.2) is 18.2 Å². The Morgan fingerprint density at radius 1 is 1.52 bits per heavy atom. The second-order valence-corrected chi connectivity index (χ2v) is 4.94. The van der Waals surface area contributed by atoms with E-state index < -0.39 is 0 Å². The third-order valence-electron chi connectivity index (χ3n) is 3.47. The summed E-state index contributed by atoms with van der Waals surface area (Å²) >= 11 is 0. The number of carbonyl (C=O) groups excluding carboxylic acids is 1. The number of nitrogens with zero attached hydrogens (tertiary/aromatic N) is 2. The highest BCUT2D eigenvalue weighted by atomic mass is 19.1. The standard InChI is InChI=1S/C14H17FN4O2/c1-2-16-14(20)17-6-10-7-21-8-13-18-11-5-9(15)3-4-12(11)19(10)13/h3-5,10H,2,6-8H2,1H3,(H2,16,17,20). The molecule has 7 heteroatoms. The number of ether oxygens (including phenoxy) is 1. The van der Waals surface area contributed by atoms with Crippen LogP contribution in [0.2, 0.25) is 0 Å². The van der Waals surface area contributed by atoms with Crippen molar-refractivity contribution in [3.05, 3.63) is 29.8 Å². The lowest BCUT2D eigenvalue weighted by Gasteiger charge is -2.26. The van der Waals surface area contributed by atoms with Gasteiger partial charge >= 0.3 is 6.03 Å². The number of rotatable bonds is 3. The van der Waals surface area contributed by atoms with Crippen molar-refractivity contribution in [1.29, 1.82) is 0 Å². The van der Waals surface area contributed by atoms with Crippen LogP contribution in [-0.4, -0.2) is 35.3 Å². The lowest BCUT2D eigenvalue weighted by Crippen LogP contribution is -2.40. The van der Waals surface area contributed by atoms with Crippen LogP contribution in [0.4, 0.5) is 9.18 Å². The predicted octanol–water partition coefficient (Wildman–Crippen LogP) is 1.57. The number of carbonyl (C=O) groups is 1. The van der Waals surface area contributed by atoms with Gasteiger partial charge in [0.05, 0.1) is 23.7 Å². The first kappa shape index (κ1) is 13.8. The third kappa shape index (κ3) is 2.69. The predicted molar refractivity (Wildman–Crippen MR) is 75.5 cm³/mol. The molecule has 112 valence electrons. The molecule has 1 aromatic carbocycles. The third-order valence-corrected chi connectivity index (χ3v) is 3.47. The van der Waals surface area contributed by atoms with Gasteiger partial charge in [-0.05, 0) is 19.1 Å². The highest BCUT2D eigenvalue weighted by molar-refractivity contribution is 5.76. The summed E-state index contributed by atoms with van der Waals surface area (Å²) in [5, 5.41) is 5.49. The highest BCUT2D eigenvalue weighted by Crippen LogP contribution is 2.26. The molecule has 1 aliphatic heterocycles. The van der Waals surface area contributed by atoms with E-state index in [-0.39, 0.29) is 17.9 Å². The smallest absolute Gasteiger partial charge is 0.314 e. The lowest BCUT2D eigenvalue weighted by molar-refractivity contribution is 0.0572. The molecule has 1 atom stereocenters. The Balaban J connectivity index is 1.86. The summed E-state index contributed by atoms with van der Waals surface area (Å²) in [4.78, 5) is 15.9. The quantitative estimate of drug-likeness (QED) is 0.902. The second-order valence-electron chi connectivity index (χ2n) is 4.94. The zero-order valence-electron chi connectivity index (χ0n) is 11.7. The van der Waals surface area contributed by atoms with E-state index in [1.807, 2.05) is 11.5 Å². The summed E-state index contributed by atoms with van der Waals surface area (Å²) in [5.41, 5.74) is 1.47. The Labute approximate surface area is 121 Å². The SMILES string of the molecule is CCNC(=O)NCC1COCc2nc3cc(F)ccc3n21. The van der Waals surface area contributed by atoms with Crippen molar-refractivity contribution in [2.75, 3.05) is 19.7 Å². The Morgan fingerprint density at radius 3 is 3.19 bits per heavy atom. The fourth-order valence-corrected chi connectivity index (χ4v) is 2.58. The van der Waals surface area contributed by atoms with Gasteiger partial charge in [0.25, 0.3) is 0 Å². The van der Waals surface area contributed by atoms with Gasteiger partial charge in [0.2, 0.25) is 0 Å². The van der Waals surface area contributed by atoms with Crippen molar-refractivity contribution >= 4 is 17.1 Å². The van der Waals surface area contributed by atoms with E-state index in [0.29, 0.717) is 31.8 Å². The average Bonchev–Trinajstić information content (AvgIpc) is 2.83. The molecule has 2 amide bonds. The summed E-state index contributed by atoms with van der Waals surface area (Å²) < 4.78 is 20.8. The van der Waals surface area contributed by atoms with Crippen molar-refractivity contribution in [2.45, 2.75) is 19.6 Å². The Hall–Kier alpha value is -2.15. The molecule has 3 rings (SSSR count). The molecular formula is C14H17FN4O2. The molecule has 1 aliphatic rings. The van der Waals surface area contributed by atoms with E-state index >= 15 is 0 Å². The second kappa shape index (κ2) is 5.69. The summed E-state index contributed by atoms with van der Waals surface area (Å²) in [6.07, 6.45) is 0. The Kier molecular flexibility index (Phi) is 3.74. The van der Waals surface area contributed by atoms with Crippen molar-refractivity contribution < 1.29 is 13.9 Å². The van der Waals surface area contributed by atoms with Crippen LogP contribution in [0.25, 0.3) is 11.0 Å². The van der Waals surface area contributed by atoms with E-state index in [4.69, 9.17) is 4.74 Å². The maximum absolute atomic E-state index is 13.3. The van der Waals surface area contributed by atoms with Gasteiger partial charge in [0.15, 0.2) is 0 Å². The molecule has 0 spiro atoms. The number of benzene rings is 1. The van der Waals surface area contributed by atoms with Crippen molar-refractivity contribution in [2.24, 2.45) is 0 Å². The number of aromatic nitrogens is 2. The van der Waals surface area contributed by atoms with Gasteiger partial charge in [-0.25, -0.2) is 14.2 Å². The number of halogens is 1. The van der Waals surface area contributed by atoms with Gasteiger partial charge in [-0.3, -0.25) is 0 Å². The van der Waals surface area contributed by atoms with Crippen LogP contribution in [0.1, 0.15) is 18.8 Å². The molecule has 21 heavy (non-hydrogen) atoms. The monoisotopic (exact) mass is 292 g/mol. The zero-order chi connectivity index (χ0) is 14.8. The first-order chi connectivity index (χ1) is 10.2. The maximum atomic E-state index is 13.3. The number of amides is 2. The average molecular weight is 292 g/mol. The van der Waals surface area contributed by atoms with Crippen LogP contribution >= 0.6 is 0 Å². The molecule has 6 nitrogen and oxygen atoms in total. The molecule has 1 aromatic heterocycles. The van der Waals surface area contributed by atoms with Gasteiger partial charge in [-0.15, -0.1) is 0 Å². The van der Waals surface area contributed by atoms with E-state index in [9.17, 15) is 9.18 Å². The molecule has 0 fully saturated rings. The van der Waals surface area contributed by atoms with E-state index in [1.165, 1.54) is 12.1 Å². The first-order valence-corrected chi connectivity index (χ1v) is 6.95. The van der Waals surface area contributed by atoms with Gasteiger partial charge in [-0.1, -0.05) is 0 Å². The number of imidazole rings is 1. The van der Waals surface area contributed by atoms with Crippen molar-refractivity contribution in [3.63, 3.8) is 0 Å². The molecule has 2 heterocycles. The van der Waals surface area contributed by atoms with Gasteiger partial charge in [-0.2, -0.15) is 0 Å². The van der Waals surface area contributed by atoms with Gasteiger partial charge < -0.3 is 19.9 Å². The summed E-state index contributed by atoms with van der Waals surface area (Å²) in [7, 11) is 0. The fraction of sp³-hybridized carbons (Fsp3) is 0.429. The Morgan fingerprint density at radius 2 is 2.38 bits per heavy atom. The molecule has 1 unspecified atom stereocenters. The van der Waals surface area contributed by atoms with Crippen LogP contribution in [0.3, 0.4) is 0 Å². The number of urea groups is 1. The summed E-state index contributed by atoms with van der Waals surface area (Å²) in [5.74, 6) is 0.445. The maximum Gasteiger partial charge on any atom is 0.314 e. The molecule has 0 radical (unpaired) electrons. The van der Waals surface area contributed by atoms with Crippen LogP contribution < -0.4 is 10.6 Å². The molecule has 2 N–H and O–H groups in total. The summed E-state index contributed by atoms with van der Waals surface area (Å²) in [6, 6.07) is 4.29. The van der Waals surface area contributed by atoms with Crippen molar-refractivity contribution in [1.82, 2.24) is 20.2 Å². The first-order valence-electron chi connectivity index (χ1n) is 6.95. The van der Waals surface area contributed by atoms with E-state index in [1.54, 1.807) is 6.07 Å². The minimum Gasteiger partial charge on any atom is -0.371 e. The normalized spacial score (nSPS) is 17.5. The van der Waals surface area contributed by atoms with Crippen LogP contribution in [0, 0.1) is 5.82 Å². The molecule has 0 saturated heterocycles. The molecule has 0 aliphatic carbocycles. The minimum atomic E-state index is -0.309. The topological polar surface area (TPSA) is 68.2 Å². The summed E-state index contributed by atoms with van der Waals surface area (Å²) in [6.45, 7) is 3.75. The van der Waals surface area contributed by atoms with Gasteiger partial charge in [0.1, 0.15) is 18.2 Å². The van der Waals surface area contributed by atoms with Crippen LogP contribution in [0.5, 0.6) is 0 Å². The molecular weight excluding hydrogens is 275 g/mol. The lowest BCUT2D eigenvalue weighted by atomic mass is 10.2.